The zero-order valence-electron chi connectivity index (χ0n) is 21.9. The van der Waals surface area contributed by atoms with Gasteiger partial charge in [-0.05, 0) is 60.8 Å². The molecule has 1 amide bonds. The molecule has 0 fully saturated rings. The molecule has 0 saturated heterocycles. The average molecular weight is 536 g/mol. The number of ether oxygens (including phenoxy) is 1. The van der Waals surface area contributed by atoms with Crippen LogP contribution in [0.1, 0.15) is 60.8 Å². The van der Waals surface area contributed by atoms with Crippen molar-refractivity contribution in [2.24, 2.45) is 0 Å². The lowest BCUT2D eigenvalue weighted by Gasteiger charge is -2.44. The highest BCUT2D eigenvalue weighted by atomic mass is 35.5. The lowest BCUT2D eigenvalue weighted by Crippen LogP contribution is -2.52. The van der Waals surface area contributed by atoms with E-state index >= 15 is 0 Å². The van der Waals surface area contributed by atoms with Crippen molar-refractivity contribution in [1.29, 1.82) is 0 Å². The minimum Gasteiger partial charge on any atom is -0.495 e. The molecule has 0 bridgehead atoms. The van der Waals surface area contributed by atoms with Gasteiger partial charge in [0, 0.05) is 5.56 Å². The number of nitrogens with zero attached hydrogens (tertiary/aromatic N) is 1. The van der Waals surface area contributed by atoms with Crippen molar-refractivity contribution in [1.82, 2.24) is 4.90 Å². The summed E-state index contributed by atoms with van der Waals surface area (Å²) in [4.78, 5) is 27.4. The van der Waals surface area contributed by atoms with Crippen molar-refractivity contribution >= 4 is 31.8 Å². The van der Waals surface area contributed by atoms with Crippen LogP contribution in [0, 0.1) is 5.82 Å². The monoisotopic (exact) mass is 535 g/mol. The highest BCUT2D eigenvalue weighted by molar-refractivity contribution is 6.74. The number of carboxylic acids is 1. The molecule has 36 heavy (non-hydrogen) atoms. The molecule has 1 heterocycles. The summed E-state index contributed by atoms with van der Waals surface area (Å²) in [6.07, 6.45) is 0.0770. The molecule has 2 atom stereocenters. The number of carbonyl (C=O) groups excluding carboxylic acids is 1. The molecule has 1 aliphatic heterocycles. The van der Waals surface area contributed by atoms with Gasteiger partial charge in [-0.1, -0.05) is 44.5 Å². The molecule has 2 aromatic carbocycles. The van der Waals surface area contributed by atoms with Crippen molar-refractivity contribution in [3.05, 3.63) is 63.4 Å². The van der Waals surface area contributed by atoms with Crippen LogP contribution >= 0.6 is 11.6 Å². The predicted octanol–water partition coefficient (Wildman–Crippen LogP) is 6.26. The van der Waals surface area contributed by atoms with E-state index in [9.17, 15) is 19.1 Å². The number of rotatable bonds is 7. The maximum absolute atomic E-state index is 14.7. The maximum Gasteiger partial charge on any atom is 0.335 e. The molecule has 0 saturated carbocycles. The first-order valence-electron chi connectivity index (χ1n) is 12.0. The lowest BCUT2D eigenvalue weighted by molar-refractivity contribution is -0.137. The minimum atomic E-state index is -2.16. The Morgan fingerprint density at radius 2 is 1.89 bits per heavy atom. The van der Waals surface area contributed by atoms with Crippen LogP contribution in [0.5, 0.6) is 5.75 Å². The molecule has 2 aromatic rings. The molecule has 3 rings (SSSR count). The Morgan fingerprint density at radius 1 is 1.22 bits per heavy atom. The van der Waals surface area contributed by atoms with E-state index in [1.54, 1.807) is 17.0 Å². The van der Waals surface area contributed by atoms with Crippen molar-refractivity contribution in [2.75, 3.05) is 13.7 Å². The molecule has 0 unspecified atom stereocenters. The van der Waals surface area contributed by atoms with Crippen LogP contribution < -0.4 is 4.74 Å². The first-order valence-corrected chi connectivity index (χ1v) is 15.3. The number of halogens is 2. The van der Waals surface area contributed by atoms with E-state index in [1.807, 2.05) is 13.0 Å². The quantitative estimate of drug-likeness (QED) is 0.423. The van der Waals surface area contributed by atoms with Gasteiger partial charge in [-0.15, -0.1) is 0 Å². The highest BCUT2D eigenvalue weighted by Crippen LogP contribution is 2.40. The first-order chi connectivity index (χ1) is 16.7. The summed E-state index contributed by atoms with van der Waals surface area (Å²) in [5.41, 5.74) is 1.77. The molecule has 1 N–H and O–H groups in total. The van der Waals surface area contributed by atoms with Crippen molar-refractivity contribution in [3.63, 3.8) is 0 Å². The highest BCUT2D eigenvalue weighted by Gasteiger charge is 2.41. The Morgan fingerprint density at radius 3 is 2.47 bits per heavy atom. The molecular weight excluding hydrogens is 501 g/mol. The zero-order chi connectivity index (χ0) is 27.0. The van der Waals surface area contributed by atoms with Gasteiger partial charge in [0.05, 0.1) is 42.8 Å². The minimum absolute atomic E-state index is 0.0382. The third kappa shape index (κ3) is 5.45. The fourth-order valence-electron chi connectivity index (χ4n) is 4.44. The zero-order valence-corrected chi connectivity index (χ0v) is 23.7. The average Bonchev–Trinajstić information content (AvgIpc) is 2.79. The van der Waals surface area contributed by atoms with E-state index in [0.717, 1.165) is 5.56 Å². The standard InChI is InChI=1S/C27H35ClFNO5Si/c1-16-18-9-8-10-19(26(32)33)20(18)13-17(15-35-36(6,7)27(2,3)4)30(16)24(31)14-21-22(29)11-12-23(34-5)25(21)28/h8-12,16-17H,13-15H2,1-7H3,(H,32,33)/t16-,17+/m0/s1. The molecule has 9 heteroatoms. The second-order valence-corrected chi connectivity index (χ2v) is 16.0. The van der Waals surface area contributed by atoms with Gasteiger partial charge in [0.15, 0.2) is 8.32 Å². The number of methoxy groups -OCH3 is 1. The third-order valence-electron chi connectivity index (χ3n) is 7.57. The summed E-state index contributed by atoms with van der Waals surface area (Å²) >= 11 is 6.36. The van der Waals surface area contributed by atoms with Crippen molar-refractivity contribution in [3.8, 4) is 5.75 Å². The molecular formula is C27H35ClFNO5Si. The fourth-order valence-corrected chi connectivity index (χ4v) is 5.78. The van der Waals surface area contributed by atoms with E-state index in [4.69, 9.17) is 20.8 Å². The van der Waals surface area contributed by atoms with Gasteiger partial charge in [-0.3, -0.25) is 4.79 Å². The Labute approximate surface area is 218 Å². The SMILES string of the molecule is COc1ccc(F)c(CC(=O)N2[C@@H](CO[Si](C)(C)C(C)(C)C)Cc3c(C(=O)O)cccc3[C@@H]2C)c1Cl. The van der Waals surface area contributed by atoms with Gasteiger partial charge < -0.3 is 19.2 Å². The normalized spacial score (nSPS) is 18.1. The number of carbonyl (C=O) groups is 2. The summed E-state index contributed by atoms with van der Waals surface area (Å²) in [7, 11) is -0.725. The van der Waals surface area contributed by atoms with Gasteiger partial charge in [0.2, 0.25) is 5.91 Å². The number of hydrogen-bond acceptors (Lipinski definition) is 4. The van der Waals surface area contributed by atoms with Gasteiger partial charge >= 0.3 is 5.97 Å². The summed E-state index contributed by atoms with van der Waals surface area (Å²) in [6.45, 7) is 12.8. The second kappa shape index (κ2) is 10.5. The summed E-state index contributed by atoms with van der Waals surface area (Å²) in [6, 6.07) is 6.93. The number of amides is 1. The Kier molecular flexibility index (Phi) is 8.22. The van der Waals surface area contributed by atoms with E-state index in [2.05, 4.69) is 33.9 Å². The maximum atomic E-state index is 14.7. The van der Waals surface area contributed by atoms with Crippen LogP contribution in [-0.2, 0) is 22.1 Å². The van der Waals surface area contributed by atoms with Crippen LogP contribution in [-0.4, -0.2) is 50.0 Å². The molecule has 1 aliphatic rings. The Hall–Kier alpha value is -2.42. The van der Waals surface area contributed by atoms with E-state index < -0.39 is 32.2 Å². The summed E-state index contributed by atoms with van der Waals surface area (Å²) in [5, 5.41) is 9.82. The largest absolute Gasteiger partial charge is 0.495 e. The van der Waals surface area contributed by atoms with Gasteiger partial charge in [0.1, 0.15) is 11.6 Å². The van der Waals surface area contributed by atoms with Crippen LogP contribution in [0.4, 0.5) is 4.39 Å². The molecule has 0 spiro atoms. The van der Waals surface area contributed by atoms with Crippen LogP contribution in [0.25, 0.3) is 0 Å². The smallest absolute Gasteiger partial charge is 0.335 e. The van der Waals surface area contributed by atoms with E-state index in [-0.39, 0.29) is 40.1 Å². The molecule has 196 valence electrons. The number of carboxylic acid groups (broad SMARTS) is 1. The van der Waals surface area contributed by atoms with Crippen LogP contribution in [0.3, 0.4) is 0 Å². The lowest BCUT2D eigenvalue weighted by atomic mass is 9.85. The van der Waals surface area contributed by atoms with Gasteiger partial charge in [0.25, 0.3) is 0 Å². The second-order valence-electron chi connectivity index (χ2n) is 10.8. The van der Waals surface area contributed by atoms with E-state index in [1.165, 1.54) is 19.2 Å². The Bertz CT molecular complexity index is 1160. The third-order valence-corrected chi connectivity index (χ3v) is 12.5. The topological polar surface area (TPSA) is 76.1 Å². The number of fused-ring (bicyclic) bond motifs is 1. The van der Waals surface area contributed by atoms with Gasteiger partial charge in [-0.25, -0.2) is 9.18 Å². The number of aromatic carboxylic acids is 1. The van der Waals surface area contributed by atoms with Gasteiger partial charge in [-0.2, -0.15) is 0 Å². The predicted molar refractivity (Wildman–Crippen MR) is 141 cm³/mol. The number of hydrogen-bond donors (Lipinski definition) is 1. The summed E-state index contributed by atoms with van der Waals surface area (Å²) in [5.74, 6) is -1.61. The first kappa shape index (κ1) is 28.2. The van der Waals surface area contributed by atoms with E-state index in [0.29, 0.717) is 17.7 Å². The molecule has 6 nitrogen and oxygen atoms in total. The molecule has 0 aromatic heterocycles. The fraction of sp³-hybridized carbons (Fsp3) is 0.481. The summed E-state index contributed by atoms with van der Waals surface area (Å²) < 4.78 is 26.4. The molecule has 0 aliphatic carbocycles. The van der Waals surface area contributed by atoms with Crippen LogP contribution in [0.2, 0.25) is 23.2 Å². The van der Waals surface area contributed by atoms with Crippen LogP contribution in [0.15, 0.2) is 30.3 Å². The number of benzene rings is 2. The van der Waals surface area contributed by atoms with Crippen molar-refractivity contribution < 1.29 is 28.2 Å². The molecule has 0 radical (unpaired) electrons. The van der Waals surface area contributed by atoms with Crippen molar-refractivity contribution in [2.45, 2.75) is 70.8 Å². The Balaban J connectivity index is 2.02.